The van der Waals surface area contributed by atoms with Crippen molar-refractivity contribution in [1.82, 2.24) is 4.68 Å². The van der Waals surface area contributed by atoms with E-state index in [0.717, 1.165) is 27.6 Å². The summed E-state index contributed by atoms with van der Waals surface area (Å²) in [6.07, 6.45) is 1.47. The van der Waals surface area contributed by atoms with Crippen molar-refractivity contribution in [3.05, 3.63) is 117 Å². The molecular formula is C25H18N4O3S. The van der Waals surface area contributed by atoms with Crippen molar-refractivity contribution in [3.63, 3.8) is 0 Å². The first-order valence-electron chi connectivity index (χ1n) is 10.2. The molecular weight excluding hydrogens is 436 g/mol. The summed E-state index contributed by atoms with van der Waals surface area (Å²) >= 11 is 1.49. The van der Waals surface area contributed by atoms with Gasteiger partial charge in [0.25, 0.3) is 0 Å². The smallest absolute Gasteiger partial charge is 0.400 e. The summed E-state index contributed by atoms with van der Waals surface area (Å²) in [7, 11) is 0. The van der Waals surface area contributed by atoms with Gasteiger partial charge in [-0.05, 0) is 22.4 Å². The van der Waals surface area contributed by atoms with Gasteiger partial charge in [0.1, 0.15) is 4.92 Å². The average molecular weight is 455 g/mol. The average Bonchev–Trinajstić information content (AvgIpc) is 3.49. The van der Waals surface area contributed by atoms with Crippen LogP contribution in [0.25, 0.3) is 22.0 Å². The standard InChI is InChI=1S/C25H18N4O3S/c30-29(31)24-14-13-20(32-24)16-27-28-23(22-12-6-10-19-9-4-5-11-21(19)22)17-33-25(28)26-15-18-7-2-1-3-8-18/h1-14,16-17H,15H2. The first kappa shape index (κ1) is 20.6. The predicted molar refractivity (Wildman–Crippen MR) is 129 cm³/mol. The zero-order valence-electron chi connectivity index (χ0n) is 17.4. The molecule has 0 radical (unpaired) electrons. The summed E-state index contributed by atoms with van der Waals surface area (Å²) in [4.78, 5) is 15.8. The molecule has 2 heterocycles. The Morgan fingerprint density at radius 2 is 1.76 bits per heavy atom. The lowest BCUT2D eigenvalue weighted by atomic mass is 10.0. The van der Waals surface area contributed by atoms with Crippen molar-refractivity contribution < 1.29 is 9.34 Å². The fourth-order valence-corrected chi connectivity index (χ4v) is 4.35. The van der Waals surface area contributed by atoms with Crippen LogP contribution in [0.2, 0.25) is 0 Å². The van der Waals surface area contributed by atoms with E-state index in [9.17, 15) is 10.1 Å². The van der Waals surface area contributed by atoms with Crippen LogP contribution in [-0.4, -0.2) is 15.8 Å². The third kappa shape index (κ3) is 4.37. The van der Waals surface area contributed by atoms with Gasteiger partial charge in [-0.15, -0.1) is 11.3 Å². The van der Waals surface area contributed by atoms with Crippen molar-refractivity contribution in [2.75, 3.05) is 0 Å². The summed E-state index contributed by atoms with van der Waals surface area (Å²) in [6, 6.07) is 27.1. The van der Waals surface area contributed by atoms with Crippen molar-refractivity contribution in [2.24, 2.45) is 10.1 Å². The Balaban J connectivity index is 1.62. The lowest BCUT2D eigenvalue weighted by Gasteiger charge is -2.07. The molecule has 7 nitrogen and oxygen atoms in total. The van der Waals surface area contributed by atoms with Gasteiger partial charge in [-0.1, -0.05) is 72.8 Å². The number of thiazole rings is 1. The van der Waals surface area contributed by atoms with Crippen molar-refractivity contribution >= 4 is 34.2 Å². The van der Waals surface area contributed by atoms with Gasteiger partial charge in [-0.2, -0.15) is 5.10 Å². The molecule has 0 saturated carbocycles. The van der Waals surface area contributed by atoms with E-state index in [4.69, 9.17) is 9.41 Å². The topological polar surface area (TPSA) is 85.9 Å². The number of rotatable bonds is 6. The van der Waals surface area contributed by atoms with Crippen LogP contribution in [0.15, 0.2) is 105 Å². The van der Waals surface area contributed by atoms with Gasteiger partial charge in [-0.25, -0.2) is 4.68 Å². The second-order valence-corrected chi connectivity index (χ2v) is 8.06. The van der Waals surface area contributed by atoms with Crippen LogP contribution in [0.4, 0.5) is 5.88 Å². The normalized spacial score (nSPS) is 12.1. The summed E-state index contributed by atoms with van der Waals surface area (Å²) in [6.45, 7) is 0.512. The highest BCUT2D eigenvalue weighted by atomic mass is 32.1. The minimum absolute atomic E-state index is 0.290. The number of fused-ring (bicyclic) bond motifs is 1. The third-order valence-electron chi connectivity index (χ3n) is 5.08. The molecule has 0 bridgehead atoms. The van der Waals surface area contributed by atoms with E-state index in [-0.39, 0.29) is 5.88 Å². The Morgan fingerprint density at radius 1 is 0.970 bits per heavy atom. The zero-order chi connectivity index (χ0) is 22.6. The molecule has 33 heavy (non-hydrogen) atoms. The SMILES string of the molecule is O=[N+]([O-])c1ccc(C=Nn2c(-c3cccc4ccccc34)csc2=NCc2ccccc2)o1. The molecule has 2 aromatic heterocycles. The second kappa shape index (κ2) is 9.05. The van der Waals surface area contributed by atoms with Gasteiger partial charge in [-0.3, -0.25) is 15.1 Å². The maximum atomic E-state index is 10.9. The molecule has 162 valence electrons. The molecule has 0 aliphatic carbocycles. The summed E-state index contributed by atoms with van der Waals surface area (Å²) in [5.41, 5.74) is 2.99. The fourth-order valence-electron chi connectivity index (χ4n) is 3.52. The van der Waals surface area contributed by atoms with E-state index < -0.39 is 4.92 Å². The Kier molecular flexibility index (Phi) is 5.65. The second-order valence-electron chi connectivity index (χ2n) is 7.22. The van der Waals surface area contributed by atoms with Crippen molar-refractivity contribution in [1.29, 1.82) is 0 Å². The molecule has 0 fully saturated rings. The van der Waals surface area contributed by atoms with E-state index in [1.54, 1.807) is 4.68 Å². The molecule has 0 atom stereocenters. The van der Waals surface area contributed by atoms with Gasteiger partial charge < -0.3 is 4.42 Å². The number of aromatic nitrogens is 1. The van der Waals surface area contributed by atoms with Crippen LogP contribution in [-0.2, 0) is 6.54 Å². The molecule has 0 aliphatic heterocycles. The summed E-state index contributed by atoms with van der Waals surface area (Å²) in [5.74, 6) is -0.0340. The van der Waals surface area contributed by atoms with Crippen molar-refractivity contribution in [2.45, 2.75) is 6.54 Å². The van der Waals surface area contributed by atoms with E-state index >= 15 is 0 Å². The lowest BCUT2D eigenvalue weighted by molar-refractivity contribution is -0.402. The number of benzene rings is 3. The Hall–Kier alpha value is -4.30. The summed E-state index contributed by atoms with van der Waals surface area (Å²) < 4.78 is 6.99. The molecule has 0 amide bonds. The zero-order valence-corrected chi connectivity index (χ0v) is 18.2. The Morgan fingerprint density at radius 3 is 2.58 bits per heavy atom. The van der Waals surface area contributed by atoms with Crippen LogP contribution in [0.1, 0.15) is 11.3 Å². The number of nitro groups is 1. The van der Waals surface area contributed by atoms with Gasteiger partial charge in [0.05, 0.1) is 24.5 Å². The minimum Gasteiger partial charge on any atom is -0.400 e. The molecule has 0 N–H and O–H groups in total. The molecule has 0 spiro atoms. The summed E-state index contributed by atoms with van der Waals surface area (Å²) in [5, 5.41) is 19.8. The highest BCUT2D eigenvalue weighted by Crippen LogP contribution is 2.29. The van der Waals surface area contributed by atoms with Crippen molar-refractivity contribution in [3.8, 4) is 11.3 Å². The van der Waals surface area contributed by atoms with Crippen LogP contribution < -0.4 is 4.80 Å². The monoisotopic (exact) mass is 454 g/mol. The highest BCUT2D eigenvalue weighted by Gasteiger charge is 2.13. The van der Waals surface area contributed by atoms with Gasteiger partial charge >= 0.3 is 5.88 Å². The number of nitrogens with zero attached hydrogens (tertiary/aromatic N) is 4. The number of furan rings is 1. The third-order valence-corrected chi connectivity index (χ3v) is 5.94. The predicted octanol–water partition coefficient (Wildman–Crippen LogP) is 5.85. The van der Waals surface area contributed by atoms with E-state index in [2.05, 4.69) is 29.4 Å². The minimum atomic E-state index is -0.572. The Bertz CT molecular complexity index is 1520. The molecule has 0 unspecified atom stereocenters. The van der Waals surface area contributed by atoms with E-state index in [1.807, 2.05) is 53.9 Å². The van der Waals surface area contributed by atoms with Gasteiger partial charge in [0.15, 0.2) is 5.76 Å². The quantitative estimate of drug-likeness (QED) is 0.183. The molecule has 0 aliphatic rings. The first-order chi connectivity index (χ1) is 16.2. The largest absolute Gasteiger partial charge is 0.433 e. The number of hydrogen-bond donors (Lipinski definition) is 0. The maximum Gasteiger partial charge on any atom is 0.433 e. The highest BCUT2D eigenvalue weighted by molar-refractivity contribution is 7.07. The van der Waals surface area contributed by atoms with Crippen LogP contribution in [0.3, 0.4) is 0 Å². The van der Waals surface area contributed by atoms with Crippen LogP contribution in [0, 0.1) is 10.1 Å². The molecule has 5 aromatic rings. The molecule has 5 rings (SSSR count). The van der Waals surface area contributed by atoms with Crippen LogP contribution >= 0.6 is 11.3 Å². The van der Waals surface area contributed by atoms with Gasteiger partial charge in [0, 0.05) is 10.9 Å². The maximum absolute atomic E-state index is 10.9. The fraction of sp³-hybridized carbons (Fsp3) is 0.0400. The van der Waals surface area contributed by atoms with E-state index in [0.29, 0.717) is 17.1 Å². The molecule has 8 heteroatoms. The van der Waals surface area contributed by atoms with Crippen LogP contribution in [0.5, 0.6) is 0 Å². The Labute approximate surface area is 192 Å². The first-order valence-corrected chi connectivity index (χ1v) is 11.1. The lowest BCUT2D eigenvalue weighted by Crippen LogP contribution is -2.12. The molecule has 3 aromatic carbocycles. The molecule has 0 saturated heterocycles. The van der Waals surface area contributed by atoms with Gasteiger partial charge in [0.2, 0.25) is 4.80 Å². The van der Waals surface area contributed by atoms with E-state index in [1.165, 1.54) is 29.7 Å². The number of hydrogen-bond acceptors (Lipinski definition) is 6.